The highest BCUT2D eigenvalue weighted by atomic mass is 16.2. The molecule has 3 aliphatic rings. The Morgan fingerprint density at radius 2 is 1.83 bits per heavy atom. The van der Waals surface area contributed by atoms with Gasteiger partial charge in [0.15, 0.2) is 6.29 Å². The van der Waals surface area contributed by atoms with E-state index >= 15 is 0 Å². The molecule has 4 unspecified atom stereocenters. The number of para-hydroxylation sites is 1. The number of amides is 1. The highest BCUT2D eigenvalue weighted by Gasteiger charge is 2.44. The van der Waals surface area contributed by atoms with Crippen molar-refractivity contribution in [3.05, 3.63) is 84.0 Å². The predicted octanol–water partition coefficient (Wildman–Crippen LogP) is 2.87. The zero-order valence-electron chi connectivity index (χ0n) is 17.0. The minimum absolute atomic E-state index is 0.0157. The van der Waals surface area contributed by atoms with Gasteiger partial charge in [-0.25, -0.2) is 0 Å². The Labute approximate surface area is 177 Å². The lowest BCUT2D eigenvalue weighted by atomic mass is 9.81. The molecule has 0 bridgehead atoms. The van der Waals surface area contributed by atoms with Crippen LogP contribution in [0, 0.1) is 11.8 Å². The number of hydrogen-bond donors (Lipinski definition) is 3. The molecular formula is C25H28N4O. The Kier molecular flexibility index (Phi) is 5.39. The Hall–Kier alpha value is -2.89. The van der Waals surface area contributed by atoms with Gasteiger partial charge in [-0.1, -0.05) is 72.8 Å². The van der Waals surface area contributed by atoms with E-state index in [1.807, 2.05) is 18.2 Å². The van der Waals surface area contributed by atoms with E-state index in [4.69, 9.17) is 0 Å². The van der Waals surface area contributed by atoms with E-state index in [0.717, 1.165) is 25.9 Å². The highest BCUT2D eigenvalue weighted by molar-refractivity contribution is 5.82. The fourth-order valence-corrected chi connectivity index (χ4v) is 4.86. The summed E-state index contributed by atoms with van der Waals surface area (Å²) in [4.78, 5) is 15.4. The van der Waals surface area contributed by atoms with Crippen LogP contribution in [0.4, 0.5) is 5.69 Å². The van der Waals surface area contributed by atoms with Gasteiger partial charge in [-0.2, -0.15) is 0 Å². The normalized spacial score (nSPS) is 28.5. The van der Waals surface area contributed by atoms with E-state index < -0.39 is 0 Å². The molecule has 3 aliphatic heterocycles. The van der Waals surface area contributed by atoms with Gasteiger partial charge >= 0.3 is 0 Å². The lowest BCUT2D eigenvalue weighted by Crippen LogP contribution is -2.72. The van der Waals surface area contributed by atoms with Crippen LogP contribution in [0.5, 0.6) is 0 Å². The summed E-state index contributed by atoms with van der Waals surface area (Å²) >= 11 is 0. The van der Waals surface area contributed by atoms with Gasteiger partial charge in [0.2, 0.25) is 5.91 Å². The van der Waals surface area contributed by atoms with Crippen molar-refractivity contribution in [1.82, 2.24) is 16.0 Å². The number of carbonyl (C=O) groups excluding carboxylic acids is 1. The summed E-state index contributed by atoms with van der Waals surface area (Å²) in [6.45, 7) is 1.82. The van der Waals surface area contributed by atoms with Gasteiger partial charge in [0.1, 0.15) is 0 Å². The van der Waals surface area contributed by atoms with Gasteiger partial charge in [-0.3, -0.25) is 10.1 Å². The standard InChI is InChI=1S/C25H28N4O/c30-24-22-20(12-5-4-10-18-8-2-1-3-9-18)14-16-26-23(22)27-25(28-24)29-17-15-19-11-6-7-13-21(19)29/h1-13,20,22-23,25-27H,14-17H2,(H,28,30)/b10-4+,12-5+. The maximum Gasteiger partial charge on any atom is 0.229 e. The number of hydrogen-bond acceptors (Lipinski definition) is 4. The van der Waals surface area contributed by atoms with Gasteiger partial charge in [-0.15, -0.1) is 0 Å². The van der Waals surface area contributed by atoms with Gasteiger partial charge < -0.3 is 15.5 Å². The topological polar surface area (TPSA) is 56.4 Å². The lowest BCUT2D eigenvalue weighted by Gasteiger charge is -2.46. The largest absolute Gasteiger partial charge is 0.338 e. The average Bonchev–Trinajstić information content (AvgIpc) is 3.21. The van der Waals surface area contributed by atoms with Crippen molar-refractivity contribution in [2.24, 2.45) is 11.8 Å². The van der Waals surface area contributed by atoms with Crippen molar-refractivity contribution in [3.63, 3.8) is 0 Å². The second kappa shape index (κ2) is 8.46. The number of rotatable bonds is 4. The van der Waals surface area contributed by atoms with Crippen LogP contribution in [0.2, 0.25) is 0 Å². The van der Waals surface area contributed by atoms with E-state index in [2.05, 4.69) is 81.6 Å². The van der Waals surface area contributed by atoms with Crippen LogP contribution >= 0.6 is 0 Å². The van der Waals surface area contributed by atoms with Crippen molar-refractivity contribution < 1.29 is 4.79 Å². The third-order valence-corrected chi connectivity index (χ3v) is 6.37. The monoisotopic (exact) mass is 400 g/mol. The van der Waals surface area contributed by atoms with Crippen molar-refractivity contribution in [2.45, 2.75) is 25.3 Å². The second-order valence-electron chi connectivity index (χ2n) is 8.21. The van der Waals surface area contributed by atoms with Gasteiger partial charge in [0.05, 0.1) is 12.1 Å². The smallest absolute Gasteiger partial charge is 0.229 e. The van der Waals surface area contributed by atoms with E-state index in [0.29, 0.717) is 0 Å². The minimum atomic E-state index is -0.171. The van der Waals surface area contributed by atoms with Crippen molar-refractivity contribution in [2.75, 3.05) is 18.0 Å². The Bertz CT molecular complexity index is 955. The van der Waals surface area contributed by atoms with Crippen LogP contribution in [0.1, 0.15) is 17.5 Å². The first-order chi connectivity index (χ1) is 14.8. The molecule has 0 aliphatic carbocycles. The van der Waals surface area contributed by atoms with E-state index in [1.54, 1.807) is 0 Å². The molecular weight excluding hydrogens is 372 g/mol. The highest BCUT2D eigenvalue weighted by Crippen LogP contribution is 2.32. The third kappa shape index (κ3) is 3.78. The first-order valence-corrected chi connectivity index (χ1v) is 10.8. The van der Waals surface area contributed by atoms with Crippen LogP contribution in [0.3, 0.4) is 0 Å². The molecule has 5 heteroatoms. The van der Waals surface area contributed by atoms with Crippen molar-refractivity contribution in [3.8, 4) is 0 Å². The maximum absolute atomic E-state index is 13.1. The molecule has 3 heterocycles. The summed E-state index contributed by atoms with van der Waals surface area (Å²) in [6, 6.07) is 18.7. The molecule has 5 rings (SSSR count). The lowest BCUT2D eigenvalue weighted by molar-refractivity contribution is -0.132. The number of allylic oxidation sites excluding steroid dienone is 3. The van der Waals surface area contributed by atoms with Crippen LogP contribution < -0.4 is 20.9 Å². The zero-order valence-corrected chi connectivity index (χ0v) is 17.0. The van der Waals surface area contributed by atoms with Gasteiger partial charge in [-0.05, 0) is 42.5 Å². The van der Waals surface area contributed by atoms with Crippen LogP contribution in [-0.4, -0.2) is 31.5 Å². The first kappa shape index (κ1) is 19.1. The summed E-state index contributed by atoms with van der Waals surface area (Å²) in [6.07, 6.45) is 10.2. The Morgan fingerprint density at radius 1 is 1.00 bits per heavy atom. The Balaban J connectivity index is 1.27. The molecule has 30 heavy (non-hydrogen) atoms. The quantitative estimate of drug-likeness (QED) is 0.691. The SMILES string of the molecule is O=C1NC(N2CCc3ccccc32)NC2NCCC(/C=C/C=C/c3ccccc3)C12. The molecule has 0 spiro atoms. The number of carbonyl (C=O) groups is 1. The number of anilines is 1. The molecule has 2 fully saturated rings. The number of piperidine rings is 1. The number of nitrogens with one attached hydrogen (secondary N) is 3. The molecule has 5 nitrogen and oxygen atoms in total. The van der Waals surface area contributed by atoms with Gasteiger partial charge in [0, 0.05) is 12.2 Å². The Morgan fingerprint density at radius 3 is 2.73 bits per heavy atom. The summed E-state index contributed by atoms with van der Waals surface area (Å²) in [5.41, 5.74) is 3.74. The average molecular weight is 401 g/mol. The van der Waals surface area contributed by atoms with E-state index in [1.165, 1.54) is 16.8 Å². The van der Waals surface area contributed by atoms with Crippen molar-refractivity contribution in [1.29, 1.82) is 0 Å². The van der Waals surface area contributed by atoms with Gasteiger partial charge in [0.25, 0.3) is 0 Å². The first-order valence-electron chi connectivity index (χ1n) is 10.8. The summed E-state index contributed by atoms with van der Waals surface area (Å²) in [5.74, 6) is 0.243. The second-order valence-corrected chi connectivity index (χ2v) is 8.21. The van der Waals surface area contributed by atoms with Crippen LogP contribution in [0.15, 0.2) is 72.8 Å². The molecule has 0 radical (unpaired) electrons. The molecule has 1 amide bonds. The van der Waals surface area contributed by atoms with Crippen LogP contribution in [-0.2, 0) is 11.2 Å². The zero-order chi connectivity index (χ0) is 20.3. The molecule has 154 valence electrons. The summed E-state index contributed by atoms with van der Waals surface area (Å²) in [7, 11) is 0. The van der Waals surface area contributed by atoms with Crippen molar-refractivity contribution >= 4 is 17.7 Å². The minimum Gasteiger partial charge on any atom is -0.338 e. The van der Waals surface area contributed by atoms with Crippen LogP contribution in [0.25, 0.3) is 6.08 Å². The molecule has 3 N–H and O–H groups in total. The fraction of sp³-hybridized carbons (Fsp3) is 0.320. The molecule has 0 saturated carbocycles. The summed E-state index contributed by atoms with van der Waals surface area (Å²) < 4.78 is 0. The number of benzene rings is 2. The molecule has 4 atom stereocenters. The maximum atomic E-state index is 13.1. The fourth-order valence-electron chi connectivity index (χ4n) is 4.86. The number of fused-ring (bicyclic) bond motifs is 2. The predicted molar refractivity (Wildman–Crippen MR) is 121 cm³/mol. The van der Waals surface area contributed by atoms with E-state index in [-0.39, 0.29) is 30.2 Å². The number of nitrogens with zero attached hydrogens (tertiary/aromatic N) is 1. The third-order valence-electron chi connectivity index (χ3n) is 6.37. The molecule has 0 aromatic heterocycles. The molecule has 2 aromatic carbocycles. The molecule has 2 saturated heterocycles. The summed E-state index contributed by atoms with van der Waals surface area (Å²) in [5, 5.41) is 10.4. The van der Waals surface area contributed by atoms with E-state index in [9.17, 15) is 4.79 Å². The molecule has 2 aromatic rings.